The van der Waals surface area contributed by atoms with Crippen LogP contribution in [0.4, 0.5) is 17.6 Å². The van der Waals surface area contributed by atoms with Crippen LogP contribution in [0, 0.1) is 0 Å². The van der Waals surface area contributed by atoms with Crippen LogP contribution in [0.3, 0.4) is 0 Å². The number of rotatable bonds is 18. The van der Waals surface area contributed by atoms with E-state index in [4.69, 9.17) is 32.9 Å². The lowest BCUT2D eigenvalue weighted by Gasteiger charge is -2.16. The number of phosphoric ester groups is 2. The van der Waals surface area contributed by atoms with Crippen molar-refractivity contribution >= 4 is 45.7 Å². The fourth-order valence-corrected chi connectivity index (χ4v) is 5.61. The molecule has 3 rings (SSSR count). The van der Waals surface area contributed by atoms with E-state index in [-0.39, 0.29) is 32.4 Å². The third kappa shape index (κ3) is 11.4. The van der Waals surface area contributed by atoms with E-state index in [1.54, 1.807) is 94.7 Å². The molecule has 0 radical (unpaired) electrons. The summed E-state index contributed by atoms with van der Waals surface area (Å²) in [5.74, 6) is 1.31. The second-order valence-corrected chi connectivity index (χ2v) is 11.3. The van der Waals surface area contributed by atoms with Crippen LogP contribution in [0.2, 0.25) is 0 Å². The van der Waals surface area contributed by atoms with Gasteiger partial charge in [-0.3, -0.25) is 28.9 Å². The SMILES string of the molecule is CCOP(=O)(OCC)Oc1ccc(/C=N/Nc2cc(N/N=C/c3ccc(OP(=O)(OCC)OCC)cc3)nc(N)n2)cc1. The van der Waals surface area contributed by atoms with Crippen LogP contribution in [0.15, 0.2) is 64.8 Å². The number of hydrogen-bond donors (Lipinski definition) is 3. The standard InChI is InChI=1S/C26H35N7O8P2/c1-5-36-42(34,37-6-2)40-22-13-9-20(10-14-22)18-28-32-24-17-25(31-26(27)30-24)33-29-19-21-11-15-23(16-12-21)41-43(35,38-7-3)39-8-4/h9-19H,5-8H2,1-4H3,(H4,27,30,31,32,33)/b28-18+,29-19+. The van der Waals surface area contributed by atoms with Crippen LogP contribution in [0.1, 0.15) is 38.8 Å². The average Bonchev–Trinajstić information content (AvgIpc) is 2.95. The minimum atomic E-state index is -3.68. The first-order valence-electron chi connectivity index (χ1n) is 13.3. The first kappa shape index (κ1) is 33.7. The molecule has 0 unspecified atom stereocenters. The summed E-state index contributed by atoms with van der Waals surface area (Å²) in [7, 11) is -7.35. The van der Waals surface area contributed by atoms with Crippen molar-refractivity contribution in [3.63, 3.8) is 0 Å². The smallest absolute Gasteiger partial charge is 0.404 e. The van der Waals surface area contributed by atoms with Crippen LogP contribution in [-0.4, -0.2) is 48.8 Å². The van der Waals surface area contributed by atoms with Gasteiger partial charge in [-0.15, -0.1) is 0 Å². The number of hydrogen-bond acceptors (Lipinski definition) is 15. The minimum absolute atomic E-state index is 0.00181. The van der Waals surface area contributed by atoms with E-state index in [1.807, 2.05) is 0 Å². The number of aromatic nitrogens is 2. The van der Waals surface area contributed by atoms with Crippen molar-refractivity contribution in [3.05, 3.63) is 65.7 Å². The van der Waals surface area contributed by atoms with E-state index in [2.05, 4.69) is 31.0 Å². The number of benzene rings is 2. The summed E-state index contributed by atoms with van der Waals surface area (Å²) in [5.41, 5.74) is 12.8. The molecule has 0 saturated carbocycles. The zero-order valence-electron chi connectivity index (χ0n) is 24.2. The largest absolute Gasteiger partial charge is 0.530 e. The summed E-state index contributed by atoms with van der Waals surface area (Å²) in [6, 6.07) is 14.9. The first-order chi connectivity index (χ1) is 20.7. The molecule has 17 heteroatoms. The predicted molar refractivity (Wildman–Crippen MR) is 165 cm³/mol. The highest BCUT2D eigenvalue weighted by Gasteiger charge is 2.28. The topological polar surface area (TPSA) is 190 Å². The van der Waals surface area contributed by atoms with Crippen LogP contribution in [-0.2, 0) is 27.2 Å². The number of nitrogen functional groups attached to an aromatic ring is 1. The highest BCUT2D eigenvalue weighted by atomic mass is 31.2. The maximum absolute atomic E-state index is 12.5. The molecule has 0 atom stereocenters. The normalized spacial score (nSPS) is 12.1. The van der Waals surface area contributed by atoms with E-state index in [9.17, 15) is 9.13 Å². The highest BCUT2D eigenvalue weighted by Crippen LogP contribution is 2.50. The molecule has 0 amide bonds. The van der Waals surface area contributed by atoms with Gasteiger partial charge in [0.1, 0.15) is 11.5 Å². The van der Waals surface area contributed by atoms with Crippen molar-refractivity contribution in [3.8, 4) is 11.5 Å². The summed E-state index contributed by atoms with van der Waals surface area (Å²) >= 11 is 0. The van der Waals surface area contributed by atoms with E-state index in [1.165, 1.54) is 0 Å². The van der Waals surface area contributed by atoms with Gasteiger partial charge in [-0.1, -0.05) is 0 Å². The van der Waals surface area contributed by atoms with Gasteiger partial charge in [-0.2, -0.15) is 20.2 Å². The van der Waals surface area contributed by atoms with Crippen LogP contribution >= 0.6 is 15.6 Å². The van der Waals surface area contributed by atoms with Crippen molar-refractivity contribution in [1.29, 1.82) is 0 Å². The van der Waals surface area contributed by atoms with Gasteiger partial charge in [-0.25, -0.2) is 9.13 Å². The van der Waals surface area contributed by atoms with Crippen molar-refractivity contribution in [1.82, 2.24) is 9.97 Å². The molecule has 0 aliphatic heterocycles. The first-order valence-corrected chi connectivity index (χ1v) is 16.2. The Morgan fingerprint density at radius 3 is 1.35 bits per heavy atom. The molecule has 1 aromatic heterocycles. The van der Waals surface area contributed by atoms with Gasteiger partial charge in [0.2, 0.25) is 5.95 Å². The zero-order valence-corrected chi connectivity index (χ0v) is 26.0. The molecule has 0 aliphatic rings. The van der Waals surface area contributed by atoms with Gasteiger partial charge in [0, 0.05) is 6.07 Å². The number of nitrogens with one attached hydrogen (secondary N) is 2. The number of nitrogens with two attached hydrogens (primary N) is 1. The number of anilines is 3. The highest BCUT2D eigenvalue weighted by molar-refractivity contribution is 7.49. The zero-order chi connectivity index (χ0) is 31.1. The van der Waals surface area contributed by atoms with Gasteiger partial charge in [0.25, 0.3) is 0 Å². The van der Waals surface area contributed by atoms with Crippen LogP contribution in [0.5, 0.6) is 11.5 Å². The van der Waals surface area contributed by atoms with Crippen molar-refractivity contribution < 1.29 is 36.3 Å². The van der Waals surface area contributed by atoms with Crippen LogP contribution < -0.4 is 25.6 Å². The molecule has 0 spiro atoms. The second-order valence-electron chi connectivity index (χ2n) is 8.12. The molecule has 0 aliphatic carbocycles. The lowest BCUT2D eigenvalue weighted by molar-refractivity contribution is 0.166. The molecule has 15 nitrogen and oxygen atoms in total. The van der Waals surface area contributed by atoms with E-state index < -0.39 is 15.6 Å². The fourth-order valence-electron chi connectivity index (χ4n) is 3.23. The van der Waals surface area contributed by atoms with Gasteiger partial charge in [-0.05, 0) is 87.4 Å². The predicted octanol–water partition coefficient (Wildman–Crippen LogP) is 6.07. The Balaban J connectivity index is 1.56. The molecule has 0 bridgehead atoms. The molecule has 43 heavy (non-hydrogen) atoms. The summed E-state index contributed by atoms with van der Waals surface area (Å²) in [6.45, 7) is 7.55. The Kier molecular flexibility index (Phi) is 13.1. The summed E-state index contributed by atoms with van der Waals surface area (Å²) < 4.78 is 56.4. The Morgan fingerprint density at radius 1 is 0.674 bits per heavy atom. The lowest BCUT2D eigenvalue weighted by Crippen LogP contribution is -2.03. The molecule has 0 saturated heterocycles. The average molecular weight is 636 g/mol. The number of nitrogens with zero attached hydrogens (tertiary/aromatic N) is 4. The Bertz CT molecular complexity index is 1330. The molecular weight excluding hydrogens is 600 g/mol. The number of hydrazone groups is 2. The fraction of sp³-hybridized carbons (Fsp3) is 0.308. The Hall–Kier alpha value is -3.84. The monoisotopic (exact) mass is 635 g/mol. The molecule has 0 fully saturated rings. The molecule has 3 aromatic rings. The second kappa shape index (κ2) is 16.7. The van der Waals surface area contributed by atoms with Crippen molar-refractivity contribution in [2.24, 2.45) is 10.2 Å². The maximum Gasteiger partial charge on any atom is 0.530 e. The molecular formula is C26H35N7O8P2. The lowest BCUT2D eigenvalue weighted by atomic mass is 10.2. The van der Waals surface area contributed by atoms with Gasteiger partial charge >= 0.3 is 15.6 Å². The molecule has 232 valence electrons. The maximum atomic E-state index is 12.5. The summed E-state index contributed by atoms with van der Waals surface area (Å²) in [4.78, 5) is 8.20. The van der Waals surface area contributed by atoms with E-state index >= 15 is 0 Å². The van der Waals surface area contributed by atoms with Gasteiger partial charge in [0.15, 0.2) is 11.6 Å². The van der Waals surface area contributed by atoms with Crippen LogP contribution in [0.25, 0.3) is 0 Å². The van der Waals surface area contributed by atoms with Gasteiger partial charge in [0.05, 0.1) is 38.9 Å². The summed E-state index contributed by atoms with van der Waals surface area (Å²) in [5, 5.41) is 8.32. The van der Waals surface area contributed by atoms with E-state index in [0.29, 0.717) is 23.1 Å². The molecule has 1 heterocycles. The third-order valence-corrected chi connectivity index (χ3v) is 8.04. The minimum Gasteiger partial charge on any atom is -0.404 e. The van der Waals surface area contributed by atoms with E-state index in [0.717, 1.165) is 11.1 Å². The number of phosphoric acid groups is 2. The Morgan fingerprint density at radius 2 is 1.02 bits per heavy atom. The third-order valence-electron chi connectivity index (χ3n) is 4.87. The van der Waals surface area contributed by atoms with Crippen molar-refractivity contribution in [2.75, 3.05) is 43.0 Å². The quantitative estimate of drug-likeness (QED) is 0.0830. The summed E-state index contributed by atoms with van der Waals surface area (Å²) in [6.07, 6.45) is 3.10. The molecule has 4 N–H and O–H groups in total. The van der Waals surface area contributed by atoms with Crippen molar-refractivity contribution in [2.45, 2.75) is 27.7 Å². The Labute approximate surface area is 250 Å². The van der Waals surface area contributed by atoms with Gasteiger partial charge < -0.3 is 14.8 Å². The molecule has 2 aromatic carbocycles.